The molecular formula is C21H26N6O. The number of nitrogens with zero attached hydrogens (tertiary/aromatic N) is 6. The van der Waals surface area contributed by atoms with Crippen molar-refractivity contribution in [3.05, 3.63) is 65.0 Å². The lowest BCUT2D eigenvalue weighted by Crippen LogP contribution is -2.34. The summed E-state index contributed by atoms with van der Waals surface area (Å²) >= 11 is 0. The maximum atomic E-state index is 12.7. The van der Waals surface area contributed by atoms with Gasteiger partial charge in [0.1, 0.15) is 5.82 Å². The third-order valence-corrected chi connectivity index (χ3v) is 5.18. The number of benzene rings is 1. The topological polar surface area (TPSA) is 68.8 Å². The van der Waals surface area contributed by atoms with Crippen LogP contribution in [0.2, 0.25) is 0 Å². The highest BCUT2D eigenvalue weighted by Gasteiger charge is 2.21. The van der Waals surface area contributed by atoms with E-state index < -0.39 is 0 Å². The van der Waals surface area contributed by atoms with Crippen LogP contribution in [-0.4, -0.2) is 48.4 Å². The molecule has 1 aliphatic heterocycles. The van der Waals surface area contributed by atoms with Gasteiger partial charge in [-0.3, -0.25) is 9.48 Å². The summed E-state index contributed by atoms with van der Waals surface area (Å²) in [5.41, 5.74) is 3.29. The third kappa shape index (κ3) is 4.13. The Morgan fingerprint density at radius 1 is 1.07 bits per heavy atom. The predicted octanol–water partition coefficient (Wildman–Crippen LogP) is 2.16. The SMILES string of the molecule is Cc1cc(C)n(CCC(=O)N2CCc3nc(Cc4ccccc4)nn3CC2)n1. The molecule has 0 radical (unpaired) electrons. The average Bonchev–Trinajstić information content (AvgIpc) is 3.15. The molecule has 1 amide bonds. The first-order valence-electron chi connectivity index (χ1n) is 9.84. The molecule has 3 aromatic rings. The minimum absolute atomic E-state index is 0.169. The van der Waals surface area contributed by atoms with E-state index in [4.69, 9.17) is 4.98 Å². The summed E-state index contributed by atoms with van der Waals surface area (Å²) in [5, 5.41) is 9.10. The second-order valence-corrected chi connectivity index (χ2v) is 7.36. The van der Waals surface area contributed by atoms with Crippen molar-refractivity contribution in [3.63, 3.8) is 0 Å². The number of rotatable bonds is 5. The first-order valence-corrected chi connectivity index (χ1v) is 9.84. The first-order chi connectivity index (χ1) is 13.6. The Kier molecular flexibility index (Phi) is 5.23. The zero-order chi connectivity index (χ0) is 19.5. The number of amides is 1. The van der Waals surface area contributed by atoms with Gasteiger partial charge in [0.05, 0.1) is 12.2 Å². The van der Waals surface area contributed by atoms with E-state index in [9.17, 15) is 4.79 Å². The van der Waals surface area contributed by atoms with E-state index in [0.29, 0.717) is 32.6 Å². The maximum Gasteiger partial charge on any atom is 0.224 e. The summed E-state index contributed by atoms with van der Waals surface area (Å²) in [4.78, 5) is 19.3. The van der Waals surface area contributed by atoms with Gasteiger partial charge in [0.25, 0.3) is 0 Å². The fourth-order valence-electron chi connectivity index (χ4n) is 3.72. The van der Waals surface area contributed by atoms with Crippen molar-refractivity contribution in [1.29, 1.82) is 0 Å². The Hall–Kier alpha value is -2.96. The lowest BCUT2D eigenvalue weighted by molar-refractivity contribution is -0.131. The van der Waals surface area contributed by atoms with Crippen molar-refractivity contribution in [2.24, 2.45) is 0 Å². The minimum Gasteiger partial charge on any atom is -0.340 e. The molecule has 1 aromatic carbocycles. The number of hydrogen-bond acceptors (Lipinski definition) is 4. The Balaban J connectivity index is 1.33. The number of hydrogen-bond donors (Lipinski definition) is 0. The lowest BCUT2D eigenvalue weighted by Gasteiger charge is -2.20. The quantitative estimate of drug-likeness (QED) is 0.682. The van der Waals surface area contributed by atoms with Crippen LogP contribution in [0.1, 0.15) is 35.0 Å². The number of fused-ring (bicyclic) bond motifs is 1. The summed E-state index contributed by atoms with van der Waals surface area (Å²) in [6.45, 7) is 6.69. The fourth-order valence-corrected chi connectivity index (χ4v) is 3.72. The highest BCUT2D eigenvalue weighted by atomic mass is 16.2. The van der Waals surface area contributed by atoms with Gasteiger partial charge in [-0.05, 0) is 25.5 Å². The van der Waals surface area contributed by atoms with Crippen LogP contribution in [0, 0.1) is 13.8 Å². The van der Waals surface area contributed by atoms with Crippen molar-refractivity contribution < 1.29 is 4.79 Å². The second-order valence-electron chi connectivity index (χ2n) is 7.36. The summed E-state index contributed by atoms with van der Waals surface area (Å²) in [7, 11) is 0. The molecule has 3 heterocycles. The van der Waals surface area contributed by atoms with Gasteiger partial charge in [0.15, 0.2) is 5.82 Å². The largest absolute Gasteiger partial charge is 0.340 e. The van der Waals surface area contributed by atoms with Crippen LogP contribution >= 0.6 is 0 Å². The molecule has 4 rings (SSSR count). The van der Waals surface area contributed by atoms with Gasteiger partial charge in [0, 0.05) is 44.6 Å². The Morgan fingerprint density at radius 2 is 1.89 bits per heavy atom. The molecule has 28 heavy (non-hydrogen) atoms. The smallest absolute Gasteiger partial charge is 0.224 e. The van der Waals surface area contributed by atoms with Crippen LogP contribution in [0.25, 0.3) is 0 Å². The molecule has 146 valence electrons. The summed E-state index contributed by atoms with van der Waals surface area (Å²) in [6, 6.07) is 12.3. The molecule has 0 saturated heterocycles. The first kappa shape index (κ1) is 18.4. The zero-order valence-electron chi connectivity index (χ0n) is 16.5. The molecule has 2 aromatic heterocycles. The van der Waals surface area contributed by atoms with E-state index in [1.54, 1.807) is 0 Å². The van der Waals surface area contributed by atoms with Crippen LogP contribution in [0.4, 0.5) is 0 Å². The highest BCUT2D eigenvalue weighted by molar-refractivity contribution is 5.76. The Morgan fingerprint density at radius 3 is 2.64 bits per heavy atom. The number of carbonyl (C=O) groups excluding carboxylic acids is 1. The molecule has 1 aliphatic rings. The molecule has 7 nitrogen and oxygen atoms in total. The fraction of sp³-hybridized carbons (Fsp3) is 0.429. The van der Waals surface area contributed by atoms with E-state index in [2.05, 4.69) is 22.3 Å². The van der Waals surface area contributed by atoms with Crippen molar-refractivity contribution in [2.75, 3.05) is 13.1 Å². The van der Waals surface area contributed by atoms with Crippen molar-refractivity contribution in [2.45, 2.75) is 46.2 Å². The van der Waals surface area contributed by atoms with E-state index in [-0.39, 0.29) is 5.91 Å². The standard InChI is InChI=1S/C21H26N6O/c1-16-14-17(2)26(23-16)11-9-21(28)25-10-8-20-22-19(24-27(20)13-12-25)15-18-6-4-3-5-7-18/h3-7,14H,8-13,15H2,1-2H3. The molecule has 0 fully saturated rings. The van der Waals surface area contributed by atoms with Gasteiger partial charge < -0.3 is 4.90 Å². The number of aromatic nitrogens is 5. The molecule has 7 heteroatoms. The summed E-state index contributed by atoms with van der Waals surface area (Å²) in [6.07, 6.45) is 1.95. The van der Waals surface area contributed by atoms with Gasteiger partial charge >= 0.3 is 0 Å². The molecule has 0 bridgehead atoms. The molecule has 0 spiro atoms. The molecular weight excluding hydrogens is 352 g/mol. The van der Waals surface area contributed by atoms with Crippen LogP contribution in [0.5, 0.6) is 0 Å². The van der Waals surface area contributed by atoms with Gasteiger partial charge in [-0.1, -0.05) is 30.3 Å². The number of carbonyl (C=O) groups is 1. The van der Waals surface area contributed by atoms with E-state index in [0.717, 1.165) is 35.9 Å². The molecule has 0 atom stereocenters. The predicted molar refractivity (Wildman–Crippen MR) is 106 cm³/mol. The number of aryl methyl sites for hydroxylation is 3. The van der Waals surface area contributed by atoms with Gasteiger partial charge in [-0.2, -0.15) is 10.2 Å². The van der Waals surface area contributed by atoms with Crippen LogP contribution in [0.3, 0.4) is 0 Å². The molecule has 0 unspecified atom stereocenters. The van der Waals surface area contributed by atoms with Crippen molar-refractivity contribution in [3.8, 4) is 0 Å². The third-order valence-electron chi connectivity index (χ3n) is 5.18. The van der Waals surface area contributed by atoms with E-state index in [1.807, 2.05) is 52.4 Å². The van der Waals surface area contributed by atoms with Crippen LogP contribution in [-0.2, 0) is 30.7 Å². The summed E-state index contributed by atoms with van der Waals surface area (Å²) < 4.78 is 3.88. The van der Waals surface area contributed by atoms with Crippen LogP contribution in [0.15, 0.2) is 36.4 Å². The molecule has 0 saturated carbocycles. The maximum absolute atomic E-state index is 12.7. The zero-order valence-corrected chi connectivity index (χ0v) is 16.5. The normalized spacial score (nSPS) is 14.0. The van der Waals surface area contributed by atoms with Crippen LogP contribution < -0.4 is 0 Å². The molecule has 0 N–H and O–H groups in total. The van der Waals surface area contributed by atoms with E-state index in [1.165, 1.54) is 5.56 Å². The summed E-state index contributed by atoms with van der Waals surface area (Å²) in [5.74, 6) is 1.99. The highest BCUT2D eigenvalue weighted by Crippen LogP contribution is 2.12. The van der Waals surface area contributed by atoms with Gasteiger partial charge in [-0.25, -0.2) is 9.67 Å². The van der Waals surface area contributed by atoms with Gasteiger partial charge in [0.2, 0.25) is 5.91 Å². The van der Waals surface area contributed by atoms with Crippen molar-refractivity contribution >= 4 is 5.91 Å². The average molecular weight is 378 g/mol. The van der Waals surface area contributed by atoms with Gasteiger partial charge in [-0.15, -0.1) is 0 Å². The Bertz CT molecular complexity index is 933. The molecule has 0 aliphatic carbocycles. The second kappa shape index (κ2) is 7.96. The Labute approximate surface area is 165 Å². The van der Waals surface area contributed by atoms with E-state index >= 15 is 0 Å². The lowest BCUT2D eigenvalue weighted by atomic mass is 10.1. The monoisotopic (exact) mass is 378 g/mol. The van der Waals surface area contributed by atoms with Crippen molar-refractivity contribution in [1.82, 2.24) is 29.4 Å². The minimum atomic E-state index is 0.169.